The highest BCUT2D eigenvalue weighted by Gasteiger charge is 2.52. The quantitative estimate of drug-likeness (QED) is 0.311. The smallest absolute Gasteiger partial charge is 0.252 e. The molecule has 0 saturated carbocycles. The van der Waals surface area contributed by atoms with Gasteiger partial charge in [-0.2, -0.15) is 0 Å². The summed E-state index contributed by atoms with van der Waals surface area (Å²) in [5.41, 5.74) is 1.54. The predicted octanol–water partition coefficient (Wildman–Crippen LogP) is 5.58. The van der Waals surface area contributed by atoms with Crippen molar-refractivity contribution in [2.75, 3.05) is 19.8 Å². The summed E-state index contributed by atoms with van der Waals surface area (Å²) >= 11 is 0. The molecule has 0 fully saturated rings. The largest absolute Gasteiger partial charge is 0.494 e. The summed E-state index contributed by atoms with van der Waals surface area (Å²) in [7, 11) is 0. The Hall–Kier alpha value is -3.90. The molecule has 2 atom stereocenters. The van der Waals surface area contributed by atoms with Gasteiger partial charge in [-0.05, 0) is 41.3 Å². The first-order valence-corrected chi connectivity index (χ1v) is 13.2. The maximum Gasteiger partial charge on any atom is 0.252 e. The van der Waals surface area contributed by atoms with Crippen molar-refractivity contribution in [3.05, 3.63) is 108 Å². The van der Waals surface area contributed by atoms with Crippen LogP contribution < -0.4 is 10.1 Å². The lowest BCUT2D eigenvalue weighted by molar-refractivity contribution is -0.129. The van der Waals surface area contributed by atoms with Crippen LogP contribution in [0.2, 0.25) is 0 Å². The van der Waals surface area contributed by atoms with E-state index < -0.39 is 11.6 Å². The van der Waals surface area contributed by atoms with Crippen LogP contribution in [-0.2, 0) is 9.53 Å². The number of benzene rings is 3. The SMILES string of the molecule is CC(C)CNC(=O)[C@]1(C/C=C/c2ccccc2)N=C(c2ccc(OCCCO)cc2)O[C@@H]1c1ccccc1. The number of nitrogens with one attached hydrogen (secondary N) is 1. The molecule has 1 heterocycles. The van der Waals surface area contributed by atoms with Gasteiger partial charge in [0, 0.05) is 31.6 Å². The van der Waals surface area contributed by atoms with Crippen LogP contribution in [0.15, 0.2) is 96.0 Å². The number of carbonyl (C=O) groups excluding carboxylic acids is 1. The number of aliphatic hydroxyl groups excluding tert-OH is 1. The molecule has 4 rings (SSSR count). The standard InChI is InChI=1S/C32H36N2O4/c1-24(2)23-33-31(36)32(20-9-13-25-11-5-3-6-12-25)29(26-14-7-4-8-15-26)38-30(34-32)27-16-18-28(19-17-27)37-22-10-21-35/h3-9,11-19,24,29,35H,10,20-23H2,1-2H3,(H,33,36)/b13-9+/t29-,32-/m1/s1. The molecule has 0 aromatic heterocycles. The second-order valence-corrected chi connectivity index (χ2v) is 9.82. The Morgan fingerprint density at radius 3 is 2.39 bits per heavy atom. The summed E-state index contributed by atoms with van der Waals surface area (Å²) < 4.78 is 12.2. The van der Waals surface area contributed by atoms with Crippen molar-refractivity contribution in [3.63, 3.8) is 0 Å². The molecule has 6 heteroatoms. The Morgan fingerprint density at radius 2 is 1.74 bits per heavy atom. The van der Waals surface area contributed by atoms with Crippen LogP contribution in [0.3, 0.4) is 0 Å². The Balaban J connectivity index is 1.70. The summed E-state index contributed by atoms with van der Waals surface area (Å²) in [5, 5.41) is 12.1. The van der Waals surface area contributed by atoms with E-state index in [4.69, 9.17) is 19.6 Å². The predicted molar refractivity (Wildman–Crippen MR) is 151 cm³/mol. The molecule has 0 bridgehead atoms. The molecule has 0 radical (unpaired) electrons. The van der Waals surface area contributed by atoms with E-state index in [1.807, 2.05) is 97.1 Å². The maximum atomic E-state index is 13.9. The van der Waals surface area contributed by atoms with Crippen LogP contribution in [0.4, 0.5) is 0 Å². The van der Waals surface area contributed by atoms with Crippen LogP contribution in [0.1, 0.15) is 49.5 Å². The van der Waals surface area contributed by atoms with Crippen molar-refractivity contribution in [2.45, 2.75) is 38.3 Å². The molecule has 0 aliphatic carbocycles. The minimum Gasteiger partial charge on any atom is -0.494 e. The maximum absolute atomic E-state index is 13.9. The minimum absolute atomic E-state index is 0.0866. The zero-order chi connectivity index (χ0) is 26.8. The van der Waals surface area contributed by atoms with Crippen molar-refractivity contribution in [2.24, 2.45) is 10.9 Å². The van der Waals surface area contributed by atoms with Crippen LogP contribution in [0.5, 0.6) is 5.75 Å². The van der Waals surface area contributed by atoms with E-state index in [-0.39, 0.29) is 12.5 Å². The number of hydrogen-bond donors (Lipinski definition) is 2. The third kappa shape index (κ3) is 6.69. The minimum atomic E-state index is -1.17. The fourth-order valence-corrected chi connectivity index (χ4v) is 4.33. The fourth-order valence-electron chi connectivity index (χ4n) is 4.33. The monoisotopic (exact) mass is 512 g/mol. The average Bonchev–Trinajstić information content (AvgIpc) is 3.34. The molecular formula is C32H36N2O4. The number of amides is 1. The van der Waals surface area contributed by atoms with E-state index in [0.717, 1.165) is 16.7 Å². The molecule has 6 nitrogen and oxygen atoms in total. The molecule has 2 N–H and O–H groups in total. The topological polar surface area (TPSA) is 80.2 Å². The molecule has 3 aromatic rings. The molecule has 3 aromatic carbocycles. The molecular weight excluding hydrogens is 476 g/mol. The number of carbonyl (C=O) groups is 1. The first-order chi connectivity index (χ1) is 18.5. The lowest BCUT2D eigenvalue weighted by Crippen LogP contribution is -2.48. The van der Waals surface area contributed by atoms with Gasteiger partial charge >= 0.3 is 0 Å². The van der Waals surface area contributed by atoms with Crippen LogP contribution in [-0.4, -0.2) is 42.2 Å². The highest BCUT2D eigenvalue weighted by Crippen LogP contribution is 2.43. The number of rotatable bonds is 12. The Labute approximate surface area is 225 Å². The van der Waals surface area contributed by atoms with E-state index >= 15 is 0 Å². The van der Waals surface area contributed by atoms with E-state index in [1.54, 1.807) is 0 Å². The third-order valence-electron chi connectivity index (χ3n) is 6.34. The number of nitrogens with zero attached hydrogens (tertiary/aromatic N) is 1. The van der Waals surface area contributed by atoms with Gasteiger partial charge in [0.1, 0.15) is 5.75 Å². The van der Waals surface area contributed by atoms with Gasteiger partial charge < -0.3 is 19.9 Å². The van der Waals surface area contributed by atoms with Gasteiger partial charge in [-0.1, -0.05) is 86.7 Å². The summed E-state index contributed by atoms with van der Waals surface area (Å²) in [6.45, 7) is 5.22. The zero-order valence-corrected chi connectivity index (χ0v) is 22.0. The fraction of sp³-hybridized carbons (Fsp3) is 0.312. The number of aliphatic hydroxyl groups is 1. The Bertz CT molecular complexity index is 1220. The summed E-state index contributed by atoms with van der Waals surface area (Å²) in [5.74, 6) is 1.27. The summed E-state index contributed by atoms with van der Waals surface area (Å²) in [4.78, 5) is 18.9. The van der Waals surface area contributed by atoms with E-state index in [0.29, 0.717) is 43.6 Å². The van der Waals surface area contributed by atoms with Crippen molar-refractivity contribution in [1.29, 1.82) is 0 Å². The van der Waals surface area contributed by atoms with Crippen molar-refractivity contribution in [3.8, 4) is 5.75 Å². The lowest BCUT2D eigenvalue weighted by Gasteiger charge is -2.30. The number of aliphatic imine (C=N–C) groups is 1. The van der Waals surface area contributed by atoms with E-state index in [9.17, 15) is 4.79 Å². The summed E-state index contributed by atoms with van der Waals surface area (Å²) in [6.07, 6.45) is 4.38. The highest BCUT2D eigenvalue weighted by molar-refractivity contribution is 6.01. The Kier molecular flexibility index (Phi) is 9.33. The van der Waals surface area contributed by atoms with Gasteiger partial charge in [0.25, 0.3) is 5.91 Å². The molecule has 198 valence electrons. The van der Waals surface area contributed by atoms with Gasteiger partial charge in [-0.25, -0.2) is 4.99 Å². The zero-order valence-electron chi connectivity index (χ0n) is 22.0. The normalized spacial score (nSPS) is 18.8. The molecule has 1 aliphatic rings. The van der Waals surface area contributed by atoms with Crippen molar-refractivity contribution in [1.82, 2.24) is 5.32 Å². The molecule has 0 saturated heterocycles. The number of hydrogen-bond acceptors (Lipinski definition) is 5. The first-order valence-electron chi connectivity index (χ1n) is 13.2. The van der Waals surface area contributed by atoms with Gasteiger partial charge in [0.15, 0.2) is 11.6 Å². The van der Waals surface area contributed by atoms with Gasteiger partial charge in [-0.15, -0.1) is 0 Å². The van der Waals surface area contributed by atoms with Gasteiger partial charge in [0.2, 0.25) is 5.90 Å². The highest BCUT2D eigenvalue weighted by atomic mass is 16.5. The number of ether oxygens (including phenoxy) is 2. The van der Waals surface area contributed by atoms with Gasteiger partial charge in [0.05, 0.1) is 6.61 Å². The summed E-state index contributed by atoms with van der Waals surface area (Å²) in [6, 6.07) is 27.3. The van der Waals surface area contributed by atoms with Crippen molar-refractivity contribution >= 4 is 17.9 Å². The van der Waals surface area contributed by atoms with E-state index in [1.165, 1.54) is 0 Å². The second kappa shape index (κ2) is 13.1. The molecule has 0 spiro atoms. The molecule has 0 unspecified atom stereocenters. The lowest BCUT2D eigenvalue weighted by atomic mass is 9.84. The molecule has 1 aliphatic heterocycles. The van der Waals surface area contributed by atoms with Gasteiger partial charge in [-0.3, -0.25) is 4.79 Å². The molecule has 38 heavy (non-hydrogen) atoms. The molecule has 1 amide bonds. The Morgan fingerprint density at radius 1 is 1.05 bits per heavy atom. The third-order valence-corrected chi connectivity index (χ3v) is 6.34. The van der Waals surface area contributed by atoms with Crippen LogP contribution in [0, 0.1) is 5.92 Å². The average molecular weight is 513 g/mol. The van der Waals surface area contributed by atoms with E-state index in [2.05, 4.69) is 19.2 Å². The second-order valence-electron chi connectivity index (χ2n) is 9.82. The van der Waals surface area contributed by atoms with Crippen LogP contribution in [0.25, 0.3) is 6.08 Å². The first kappa shape index (κ1) is 27.1. The van der Waals surface area contributed by atoms with Crippen LogP contribution >= 0.6 is 0 Å². The van der Waals surface area contributed by atoms with Crippen molar-refractivity contribution < 1.29 is 19.4 Å².